The molecule has 5 nitrogen and oxygen atoms in total. The molecule has 1 amide bonds. The predicted octanol–water partition coefficient (Wildman–Crippen LogP) is 6.78. The summed E-state index contributed by atoms with van der Waals surface area (Å²) in [5, 5.41) is 2.87. The molecule has 0 fully saturated rings. The van der Waals surface area contributed by atoms with E-state index in [2.05, 4.69) is 10.3 Å². The van der Waals surface area contributed by atoms with Crippen LogP contribution in [0.25, 0.3) is 33.6 Å². The lowest BCUT2D eigenvalue weighted by molar-refractivity contribution is 0.0725. The molecule has 10 heteroatoms. The number of carbonyl (C=O) groups is 2. The smallest absolute Gasteiger partial charge is 0.255 e. The number of ketones is 1. The third-order valence-electron chi connectivity index (χ3n) is 6.08. The molecular formula is C27H21ClF4N2O3. The zero-order valence-corrected chi connectivity index (χ0v) is 20.3. The molecule has 0 aliphatic heterocycles. The van der Waals surface area contributed by atoms with Crippen molar-refractivity contribution in [1.29, 1.82) is 0 Å². The lowest BCUT2D eigenvalue weighted by Crippen LogP contribution is -2.31. The quantitative estimate of drug-likeness (QED) is 0.146. The van der Waals surface area contributed by atoms with E-state index in [1.807, 2.05) is 0 Å². The maximum atomic E-state index is 13.4. The monoisotopic (exact) mass is 532 g/mol. The zero-order valence-electron chi connectivity index (χ0n) is 19.6. The number of amides is 1. The molecule has 0 atom stereocenters. The minimum absolute atomic E-state index is 0.00517. The Balaban J connectivity index is 1.81. The van der Waals surface area contributed by atoms with Crippen LogP contribution in [0.5, 0.6) is 0 Å². The van der Waals surface area contributed by atoms with E-state index in [9.17, 15) is 27.2 Å². The summed E-state index contributed by atoms with van der Waals surface area (Å²) in [6.07, 6.45) is -0.644. The van der Waals surface area contributed by atoms with Gasteiger partial charge in [0.2, 0.25) is 5.71 Å². The van der Waals surface area contributed by atoms with Crippen LogP contribution in [0.3, 0.4) is 0 Å². The number of rotatable bonds is 9. The van der Waals surface area contributed by atoms with Crippen LogP contribution in [0.15, 0.2) is 59.0 Å². The molecule has 0 unspecified atom stereocenters. The molecule has 0 aliphatic carbocycles. The summed E-state index contributed by atoms with van der Waals surface area (Å²) in [4.78, 5) is 29.8. The molecule has 0 saturated heterocycles. The van der Waals surface area contributed by atoms with Gasteiger partial charge in [-0.3, -0.25) is 22.8 Å². The number of alkyl halides is 3. The molecule has 2 heterocycles. The molecule has 2 aromatic heterocycles. The average Bonchev–Trinajstić information content (AvgIpc) is 3.29. The Labute approximate surface area is 214 Å². The number of furan rings is 1. The number of hydrogen-bond acceptors (Lipinski definition) is 4. The van der Waals surface area contributed by atoms with Gasteiger partial charge in [-0.15, -0.1) is 0 Å². The lowest BCUT2D eigenvalue weighted by atomic mass is 9.85. The molecule has 37 heavy (non-hydrogen) atoms. The summed E-state index contributed by atoms with van der Waals surface area (Å²) in [6, 6.07) is 13.0. The van der Waals surface area contributed by atoms with Gasteiger partial charge in [-0.25, -0.2) is 9.37 Å². The standard InChI is InChI=1S/C27H21ClF4N2O3/c1-33-25(36)22-20-10-19(24(28)34-26(20)37-23(22)15-5-7-18(32)8-6-15)16-3-2-4-17(9-16)21(35)11-27(12-29,13-30)14-31/h2-10H,11-14H2,1H3,(H,33,36). The zero-order chi connectivity index (χ0) is 26.7. The number of nitrogens with zero attached hydrogens (tertiary/aromatic N) is 1. The van der Waals surface area contributed by atoms with Crippen LogP contribution in [0.2, 0.25) is 5.15 Å². The molecule has 192 valence electrons. The molecular weight excluding hydrogens is 512 g/mol. The number of fused-ring (bicyclic) bond motifs is 1. The molecule has 0 radical (unpaired) electrons. The Morgan fingerprint density at radius 3 is 2.30 bits per heavy atom. The highest BCUT2D eigenvalue weighted by atomic mass is 35.5. The molecule has 1 N–H and O–H groups in total. The Morgan fingerprint density at radius 1 is 1.00 bits per heavy atom. The summed E-state index contributed by atoms with van der Waals surface area (Å²) < 4.78 is 59.2. The highest BCUT2D eigenvalue weighted by molar-refractivity contribution is 6.32. The fraction of sp³-hybridized carbons (Fsp3) is 0.222. The normalized spacial score (nSPS) is 11.6. The first-order valence-electron chi connectivity index (χ1n) is 11.2. The molecule has 0 aliphatic rings. The number of halogens is 5. The van der Waals surface area contributed by atoms with Crippen LogP contribution in [0.4, 0.5) is 17.6 Å². The lowest BCUT2D eigenvalue weighted by Gasteiger charge is -2.23. The second kappa shape index (κ2) is 10.7. The molecule has 0 spiro atoms. The Bertz CT molecular complexity index is 1460. The van der Waals surface area contributed by atoms with Crippen LogP contribution in [0.1, 0.15) is 27.1 Å². The summed E-state index contributed by atoms with van der Waals surface area (Å²) >= 11 is 6.43. The van der Waals surface area contributed by atoms with E-state index in [0.717, 1.165) is 0 Å². The van der Waals surface area contributed by atoms with Crippen molar-refractivity contribution >= 4 is 34.4 Å². The van der Waals surface area contributed by atoms with E-state index >= 15 is 0 Å². The SMILES string of the molecule is CNC(=O)c1c(-c2ccc(F)cc2)oc2nc(Cl)c(-c3cccc(C(=O)CC(CF)(CF)CF)c3)cc12. The predicted molar refractivity (Wildman–Crippen MR) is 133 cm³/mol. The second-order valence-corrected chi connectivity index (χ2v) is 9.01. The number of carbonyl (C=O) groups excluding carboxylic acids is 2. The van der Waals surface area contributed by atoms with Gasteiger partial charge in [-0.05, 0) is 42.0 Å². The van der Waals surface area contributed by atoms with E-state index in [-0.39, 0.29) is 27.8 Å². The molecule has 0 bridgehead atoms. The number of benzene rings is 2. The first-order chi connectivity index (χ1) is 17.8. The van der Waals surface area contributed by atoms with Crippen LogP contribution < -0.4 is 5.32 Å². The summed E-state index contributed by atoms with van der Waals surface area (Å²) in [6.45, 7) is -3.93. The second-order valence-electron chi connectivity index (χ2n) is 8.65. The van der Waals surface area contributed by atoms with Crippen molar-refractivity contribution in [2.24, 2.45) is 5.41 Å². The third-order valence-corrected chi connectivity index (χ3v) is 6.37. The van der Waals surface area contributed by atoms with Crippen LogP contribution in [-0.4, -0.2) is 43.7 Å². The first-order valence-corrected chi connectivity index (χ1v) is 11.6. The van der Waals surface area contributed by atoms with Gasteiger partial charge in [0.05, 0.1) is 16.4 Å². The number of pyridine rings is 1. The molecule has 2 aromatic carbocycles. The number of aromatic nitrogens is 1. The van der Waals surface area contributed by atoms with Gasteiger partial charge in [0.15, 0.2) is 5.78 Å². The number of Topliss-reactive ketones (excluding diaryl/α,β-unsaturated/α-hetero) is 1. The minimum Gasteiger partial charge on any atom is -0.437 e. The topological polar surface area (TPSA) is 72.2 Å². The molecule has 4 rings (SSSR count). The van der Waals surface area contributed by atoms with Crippen LogP contribution in [-0.2, 0) is 0 Å². The third kappa shape index (κ3) is 5.09. The van der Waals surface area contributed by atoms with Crippen molar-refractivity contribution in [2.45, 2.75) is 6.42 Å². The Kier molecular flexibility index (Phi) is 7.63. The highest BCUT2D eigenvalue weighted by Gasteiger charge is 2.34. The number of nitrogens with one attached hydrogen (secondary N) is 1. The van der Waals surface area contributed by atoms with E-state index in [4.69, 9.17) is 16.0 Å². The van der Waals surface area contributed by atoms with Crippen LogP contribution in [0, 0.1) is 11.2 Å². The Hall–Kier alpha value is -3.72. The van der Waals surface area contributed by atoms with Crippen molar-refractivity contribution in [3.8, 4) is 22.5 Å². The average molecular weight is 533 g/mol. The largest absolute Gasteiger partial charge is 0.437 e. The van der Waals surface area contributed by atoms with Crippen molar-refractivity contribution in [1.82, 2.24) is 10.3 Å². The molecule has 4 aromatic rings. The summed E-state index contributed by atoms with van der Waals surface area (Å²) in [5.41, 5.74) is -0.448. The Morgan fingerprint density at radius 2 is 1.68 bits per heavy atom. The minimum atomic E-state index is -2.01. The van der Waals surface area contributed by atoms with Crippen molar-refractivity contribution in [2.75, 3.05) is 27.1 Å². The van der Waals surface area contributed by atoms with Gasteiger partial charge in [-0.2, -0.15) is 0 Å². The highest BCUT2D eigenvalue weighted by Crippen LogP contribution is 2.38. The van der Waals surface area contributed by atoms with E-state index in [0.29, 0.717) is 22.1 Å². The van der Waals surface area contributed by atoms with E-state index in [1.54, 1.807) is 18.2 Å². The van der Waals surface area contributed by atoms with Crippen LogP contribution >= 0.6 is 11.6 Å². The van der Waals surface area contributed by atoms with Crippen molar-refractivity contribution in [3.05, 3.63) is 76.7 Å². The van der Waals surface area contributed by atoms with Gasteiger partial charge in [0.1, 0.15) is 36.8 Å². The van der Waals surface area contributed by atoms with Crippen molar-refractivity contribution < 1.29 is 31.6 Å². The summed E-state index contributed by atoms with van der Waals surface area (Å²) in [5.74, 6) is -1.40. The first kappa shape index (κ1) is 26.3. The van der Waals surface area contributed by atoms with E-state index < -0.39 is 49.4 Å². The fourth-order valence-corrected chi connectivity index (χ4v) is 4.15. The molecule has 0 saturated carbocycles. The van der Waals surface area contributed by atoms with E-state index in [1.165, 1.54) is 43.4 Å². The van der Waals surface area contributed by atoms with Gasteiger partial charge in [0.25, 0.3) is 5.91 Å². The number of hydrogen-bond donors (Lipinski definition) is 1. The maximum Gasteiger partial charge on any atom is 0.255 e. The fourth-order valence-electron chi connectivity index (χ4n) is 3.91. The van der Waals surface area contributed by atoms with Gasteiger partial charge in [0, 0.05) is 30.2 Å². The van der Waals surface area contributed by atoms with Gasteiger partial charge >= 0.3 is 0 Å². The maximum absolute atomic E-state index is 13.4. The summed E-state index contributed by atoms with van der Waals surface area (Å²) in [7, 11) is 1.45. The van der Waals surface area contributed by atoms with Gasteiger partial charge in [-0.1, -0.05) is 29.8 Å². The van der Waals surface area contributed by atoms with Crippen molar-refractivity contribution in [3.63, 3.8) is 0 Å². The van der Waals surface area contributed by atoms with Gasteiger partial charge < -0.3 is 9.73 Å².